The van der Waals surface area contributed by atoms with Crippen LogP contribution in [0.5, 0.6) is 0 Å². The van der Waals surface area contributed by atoms with Crippen LogP contribution in [0.3, 0.4) is 0 Å². The van der Waals surface area contributed by atoms with E-state index in [-0.39, 0.29) is 24.3 Å². The van der Waals surface area contributed by atoms with Crippen LogP contribution in [0.1, 0.15) is 31.9 Å². The molecule has 2 amide bonds. The molecule has 0 spiro atoms. The first-order valence-electron chi connectivity index (χ1n) is 10.5. The fourth-order valence-electron chi connectivity index (χ4n) is 3.55. The van der Waals surface area contributed by atoms with Gasteiger partial charge >= 0.3 is 0 Å². The van der Waals surface area contributed by atoms with E-state index in [9.17, 15) is 9.59 Å². The molecule has 3 aromatic rings. The minimum absolute atomic E-state index is 0.00619. The summed E-state index contributed by atoms with van der Waals surface area (Å²) in [5.74, 6) is 0.490. The van der Waals surface area contributed by atoms with E-state index >= 15 is 0 Å². The molecule has 6 nitrogen and oxygen atoms in total. The van der Waals surface area contributed by atoms with E-state index in [2.05, 4.69) is 11.4 Å². The largest absolute Gasteiger partial charge is 0.333 e. The van der Waals surface area contributed by atoms with Crippen LogP contribution in [-0.2, 0) is 9.59 Å². The Hall–Kier alpha value is -3.41. The lowest BCUT2D eigenvalue weighted by Crippen LogP contribution is -2.39. The zero-order chi connectivity index (χ0) is 22.5. The van der Waals surface area contributed by atoms with Crippen molar-refractivity contribution in [1.29, 1.82) is 0 Å². The molecular weight excluding hydrogens is 388 g/mol. The number of rotatable bonds is 7. The highest BCUT2D eigenvalue weighted by molar-refractivity contribution is 5.94. The average molecular weight is 419 g/mol. The lowest BCUT2D eigenvalue weighted by atomic mass is 10.1. The van der Waals surface area contributed by atoms with Crippen molar-refractivity contribution in [2.75, 3.05) is 18.4 Å². The van der Waals surface area contributed by atoms with Gasteiger partial charge in [-0.3, -0.25) is 9.59 Å². The number of aryl methyl sites for hydroxylation is 2. The van der Waals surface area contributed by atoms with E-state index in [1.807, 2.05) is 76.2 Å². The number of nitrogens with one attached hydrogen (secondary N) is 1. The minimum Gasteiger partial charge on any atom is -0.333 e. The van der Waals surface area contributed by atoms with Gasteiger partial charge in [-0.05, 0) is 31.4 Å². The van der Waals surface area contributed by atoms with E-state index in [4.69, 9.17) is 5.10 Å². The van der Waals surface area contributed by atoms with Crippen molar-refractivity contribution >= 4 is 17.6 Å². The van der Waals surface area contributed by atoms with E-state index in [1.165, 1.54) is 6.92 Å². The zero-order valence-electron chi connectivity index (χ0n) is 18.8. The van der Waals surface area contributed by atoms with Gasteiger partial charge in [0.15, 0.2) is 0 Å². The first-order valence-corrected chi connectivity index (χ1v) is 10.5. The molecule has 0 unspecified atom stereocenters. The van der Waals surface area contributed by atoms with Crippen molar-refractivity contribution in [3.63, 3.8) is 0 Å². The predicted octanol–water partition coefficient (Wildman–Crippen LogP) is 4.60. The summed E-state index contributed by atoms with van der Waals surface area (Å²) in [7, 11) is 0. The van der Waals surface area contributed by atoms with Gasteiger partial charge in [-0.25, -0.2) is 4.68 Å². The van der Waals surface area contributed by atoms with Crippen LogP contribution in [0, 0.1) is 19.8 Å². The third-order valence-corrected chi connectivity index (χ3v) is 4.99. The maximum absolute atomic E-state index is 12.8. The first-order chi connectivity index (χ1) is 14.7. The molecule has 0 bridgehead atoms. The van der Waals surface area contributed by atoms with Gasteiger partial charge in [0.2, 0.25) is 11.8 Å². The third kappa shape index (κ3) is 5.60. The van der Waals surface area contributed by atoms with Crippen LogP contribution in [0.15, 0.2) is 54.6 Å². The zero-order valence-corrected chi connectivity index (χ0v) is 18.8. The highest BCUT2D eigenvalue weighted by Crippen LogP contribution is 2.26. The molecule has 0 aliphatic carbocycles. The van der Waals surface area contributed by atoms with Crippen molar-refractivity contribution in [3.05, 3.63) is 65.7 Å². The highest BCUT2D eigenvalue weighted by atomic mass is 16.2. The van der Waals surface area contributed by atoms with Crippen LogP contribution >= 0.6 is 0 Å². The maximum atomic E-state index is 12.8. The van der Waals surface area contributed by atoms with Gasteiger partial charge in [0, 0.05) is 25.1 Å². The molecule has 0 aliphatic rings. The summed E-state index contributed by atoms with van der Waals surface area (Å²) >= 11 is 0. The van der Waals surface area contributed by atoms with E-state index < -0.39 is 0 Å². The number of amides is 2. The Morgan fingerprint density at radius 3 is 2.39 bits per heavy atom. The van der Waals surface area contributed by atoms with E-state index in [0.717, 1.165) is 28.1 Å². The van der Waals surface area contributed by atoms with Crippen molar-refractivity contribution in [1.82, 2.24) is 14.7 Å². The second-order valence-electron chi connectivity index (χ2n) is 8.32. The molecule has 0 saturated carbocycles. The third-order valence-electron chi connectivity index (χ3n) is 4.99. The van der Waals surface area contributed by atoms with Crippen molar-refractivity contribution < 1.29 is 9.59 Å². The van der Waals surface area contributed by atoms with Crippen LogP contribution in [0.4, 0.5) is 5.82 Å². The standard InChI is InChI=1S/C25H30N4O2/c1-17(2)15-28(20(5)30)16-25(31)26-24-14-22(21-9-7-6-8-10-21)27-29(24)23-12-11-18(3)13-19(23)4/h6-14,17H,15-16H2,1-5H3,(H,26,31). The molecule has 1 N–H and O–H groups in total. The molecule has 2 aromatic carbocycles. The lowest BCUT2D eigenvalue weighted by Gasteiger charge is -2.22. The predicted molar refractivity (Wildman–Crippen MR) is 124 cm³/mol. The number of carbonyl (C=O) groups excluding carboxylic acids is 2. The summed E-state index contributed by atoms with van der Waals surface area (Å²) in [4.78, 5) is 26.3. The summed E-state index contributed by atoms with van der Waals surface area (Å²) in [6.45, 7) is 10.1. The van der Waals surface area contributed by atoms with Crippen LogP contribution < -0.4 is 5.32 Å². The summed E-state index contributed by atoms with van der Waals surface area (Å²) in [5, 5.41) is 7.75. The fraction of sp³-hybridized carbons (Fsp3) is 0.320. The second-order valence-corrected chi connectivity index (χ2v) is 8.32. The maximum Gasteiger partial charge on any atom is 0.245 e. The van der Waals surface area contributed by atoms with Gasteiger partial charge in [0.1, 0.15) is 5.82 Å². The molecule has 162 valence electrons. The van der Waals surface area contributed by atoms with Gasteiger partial charge in [-0.15, -0.1) is 0 Å². The van der Waals surface area contributed by atoms with E-state index in [1.54, 1.807) is 9.58 Å². The molecule has 31 heavy (non-hydrogen) atoms. The Morgan fingerprint density at radius 2 is 1.77 bits per heavy atom. The number of hydrogen-bond acceptors (Lipinski definition) is 3. The number of hydrogen-bond donors (Lipinski definition) is 1. The molecule has 0 atom stereocenters. The number of anilines is 1. The Bertz CT molecular complexity index is 1070. The molecule has 0 aliphatic heterocycles. The molecule has 0 radical (unpaired) electrons. The summed E-state index contributed by atoms with van der Waals surface area (Å²) in [6, 6.07) is 17.8. The number of nitrogens with zero attached hydrogens (tertiary/aromatic N) is 3. The van der Waals surface area contributed by atoms with Crippen LogP contribution in [0.2, 0.25) is 0 Å². The Morgan fingerprint density at radius 1 is 1.06 bits per heavy atom. The molecule has 3 rings (SSSR count). The molecule has 0 saturated heterocycles. The summed E-state index contributed by atoms with van der Waals surface area (Å²) in [5.41, 5.74) is 4.85. The van der Waals surface area contributed by atoms with Gasteiger partial charge in [-0.2, -0.15) is 5.10 Å². The Labute approximate surface area is 183 Å². The number of benzene rings is 2. The molecule has 6 heteroatoms. The number of aromatic nitrogens is 2. The average Bonchev–Trinajstić information content (AvgIpc) is 3.11. The molecule has 1 aromatic heterocycles. The lowest BCUT2D eigenvalue weighted by molar-refractivity contribution is -0.133. The molecule has 0 fully saturated rings. The highest BCUT2D eigenvalue weighted by Gasteiger charge is 2.19. The minimum atomic E-state index is -0.249. The summed E-state index contributed by atoms with van der Waals surface area (Å²) in [6.07, 6.45) is 0. The van der Waals surface area contributed by atoms with Crippen LogP contribution in [0.25, 0.3) is 16.9 Å². The van der Waals surface area contributed by atoms with Crippen molar-refractivity contribution in [2.45, 2.75) is 34.6 Å². The fourth-order valence-corrected chi connectivity index (χ4v) is 3.55. The smallest absolute Gasteiger partial charge is 0.245 e. The second kappa shape index (κ2) is 9.60. The van der Waals surface area contributed by atoms with Crippen LogP contribution in [-0.4, -0.2) is 39.6 Å². The van der Waals surface area contributed by atoms with Crippen molar-refractivity contribution in [3.8, 4) is 16.9 Å². The van der Waals surface area contributed by atoms with Gasteiger partial charge in [-0.1, -0.05) is 61.9 Å². The molecule has 1 heterocycles. The molecular formula is C25H30N4O2. The number of carbonyl (C=O) groups is 2. The quantitative estimate of drug-likeness (QED) is 0.610. The van der Waals surface area contributed by atoms with Gasteiger partial charge < -0.3 is 10.2 Å². The monoisotopic (exact) mass is 418 g/mol. The Kier molecular flexibility index (Phi) is 6.90. The van der Waals surface area contributed by atoms with E-state index in [0.29, 0.717) is 12.4 Å². The van der Waals surface area contributed by atoms with Gasteiger partial charge in [0.25, 0.3) is 0 Å². The Balaban J connectivity index is 1.95. The SMILES string of the molecule is CC(=O)N(CC(=O)Nc1cc(-c2ccccc2)nn1-c1ccc(C)cc1C)CC(C)C. The van der Waals surface area contributed by atoms with Crippen molar-refractivity contribution in [2.24, 2.45) is 5.92 Å². The normalized spacial score (nSPS) is 10.9. The first kappa shape index (κ1) is 22.3. The topological polar surface area (TPSA) is 67.2 Å². The van der Waals surface area contributed by atoms with Gasteiger partial charge in [0.05, 0.1) is 17.9 Å². The summed E-state index contributed by atoms with van der Waals surface area (Å²) < 4.78 is 1.76.